The van der Waals surface area contributed by atoms with Gasteiger partial charge in [0.05, 0.1) is 5.02 Å². The van der Waals surface area contributed by atoms with Gasteiger partial charge in [-0.05, 0) is 40.8 Å². The summed E-state index contributed by atoms with van der Waals surface area (Å²) in [4.78, 5) is 5.49. The molecule has 3 aromatic carbocycles. The lowest BCUT2D eigenvalue weighted by Crippen LogP contribution is -2.12. The Bertz CT molecular complexity index is 1520. The third-order valence-corrected chi connectivity index (χ3v) is 5.22. The van der Waals surface area contributed by atoms with E-state index in [0.717, 1.165) is 5.56 Å². The van der Waals surface area contributed by atoms with Gasteiger partial charge in [0, 0.05) is 18.2 Å². The molecule has 0 spiro atoms. The van der Waals surface area contributed by atoms with Gasteiger partial charge in [0.15, 0.2) is 23.9 Å². The lowest BCUT2D eigenvalue weighted by atomic mass is 10.1. The summed E-state index contributed by atoms with van der Waals surface area (Å²) < 4.78 is 26.6. The second-order valence-corrected chi connectivity index (χ2v) is 7.79. The minimum Gasteiger partial charge on any atom is -0.453 e. The van der Waals surface area contributed by atoms with Crippen LogP contribution < -0.4 is 4.74 Å². The number of nitrogens with zero attached hydrogens (tertiary/aromatic N) is 7. The molecule has 0 saturated carbocycles. The van der Waals surface area contributed by atoms with Crippen molar-refractivity contribution in [2.24, 2.45) is 12.2 Å². The molecule has 0 unspecified atom stereocenters. The second-order valence-electron chi connectivity index (χ2n) is 7.38. The van der Waals surface area contributed by atoms with E-state index in [1.165, 1.54) is 16.8 Å². The van der Waals surface area contributed by atoms with Gasteiger partial charge in [-0.25, -0.2) is 9.07 Å². The van der Waals surface area contributed by atoms with Crippen LogP contribution in [0, 0.1) is 5.82 Å². The van der Waals surface area contributed by atoms with Crippen molar-refractivity contribution in [2.45, 2.75) is 6.61 Å². The Morgan fingerprint density at radius 3 is 2.56 bits per heavy atom. The van der Waals surface area contributed by atoms with Crippen molar-refractivity contribution in [1.82, 2.24) is 30.4 Å². The van der Waals surface area contributed by atoms with Crippen LogP contribution in [0.1, 0.15) is 17.3 Å². The predicted molar refractivity (Wildman–Crippen MR) is 127 cm³/mol. The number of tetrazole rings is 1. The summed E-state index contributed by atoms with van der Waals surface area (Å²) >= 11 is 6.33. The van der Waals surface area contributed by atoms with Gasteiger partial charge in [-0.2, -0.15) is 0 Å². The van der Waals surface area contributed by atoms with E-state index in [4.69, 9.17) is 25.6 Å². The quantitative estimate of drug-likeness (QED) is 0.218. The van der Waals surface area contributed by atoms with Gasteiger partial charge < -0.3 is 14.0 Å². The molecule has 180 valence electrons. The van der Waals surface area contributed by atoms with Crippen LogP contribution in [0.15, 0.2) is 82.4 Å². The first-order chi connectivity index (χ1) is 17.6. The molecular formula is C24H17ClFN7O3. The molecule has 0 bridgehead atoms. The summed E-state index contributed by atoms with van der Waals surface area (Å²) in [5, 5.41) is 24.0. The Morgan fingerprint density at radius 1 is 1.00 bits per heavy atom. The highest BCUT2D eigenvalue weighted by atomic mass is 35.5. The van der Waals surface area contributed by atoms with Crippen LogP contribution in [0.4, 0.5) is 4.39 Å². The third-order valence-electron chi connectivity index (χ3n) is 4.93. The molecule has 36 heavy (non-hydrogen) atoms. The van der Waals surface area contributed by atoms with Crippen LogP contribution in [-0.2, 0) is 18.5 Å². The van der Waals surface area contributed by atoms with Crippen LogP contribution in [-0.4, -0.2) is 36.1 Å². The van der Waals surface area contributed by atoms with Gasteiger partial charge >= 0.3 is 0 Å². The molecule has 0 radical (unpaired) electrons. The average molecular weight is 506 g/mol. The summed E-state index contributed by atoms with van der Waals surface area (Å²) in [6.45, 7) is -0.0865. The molecule has 0 atom stereocenters. The topological polar surface area (TPSA) is 113 Å². The molecule has 0 amide bonds. The highest BCUT2D eigenvalue weighted by Crippen LogP contribution is 2.34. The fourth-order valence-electron chi connectivity index (χ4n) is 3.19. The van der Waals surface area contributed by atoms with Crippen molar-refractivity contribution in [2.75, 3.05) is 0 Å². The molecule has 5 rings (SSSR count). The van der Waals surface area contributed by atoms with E-state index in [1.807, 2.05) is 30.3 Å². The molecule has 12 heteroatoms. The maximum Gasteiger partial charge on any atom is 0.257 e. The smallest absolute Gasteiger partial charge is 0.257 e. The van der Waals surface area contributed by atoms with Crippen LogP contribution in [0.5, 0.6) is 11.5 Å². The Hall–Kier alpha value is -4.64. The zero-order valence-corrected chi connectivity index (χ0v) is 19.5. The van der Waals surface area contributed by atoms with E-state index >= 15 is 0 Å². The molecule has 0 N–H and O–H groups in total. The second kappa shape index (κ2) is 10.3. The highest BCUT2D eigenvalue weighted by molar-refractivity contribution is 6.32. The lowest BCUT2D eigenvalue weighted by Gasteiger charge is -2.08. The largest absolute Gasteiger partial charge is 0.453 e. The summed E-state index contributed by atoms with van der Waals surface area (Å²) in [6.07, 6.45) is 0. The third kappa shape index (κ3) is 5.05. The molecule has 0 aliphatic carbocycles. The van der Waals surface area contributed by atoms with E-state index in [1.54, 1.807) is 37.4 Å². The normalized spacial score (nSPS) is 11.5. The summed E-state index contributed by atoms with van der Waals surface area (Å²) in [6, 6.07) is 20.3. The lowest BCUT2D eigenvalue weighted by molar-refractivity contribution is 0.111. The number of ether oxygens (including phenoxy) is 1. The maximum atomic E-state index is 13.9. The number of rotatable bonds is 8. The Kier molecular flexibility index (Phi) is 6.63. The maximum absolute atomic E-state index is 13.9. The Balaban J connectivity index is 1.30. The van der Waals surface area contributed by atoms with Crippen LogP contribution >= 0.6 is 11.6 Å². The number of halogens is 2. The first-order valence-electron chi connectivity index (χ1n) is 10.6. The minimum absolute atomic E-state index is 0.0666. The van der Waals surface area contributed by atoms with Crippen molar-refractivity contribution < 1.29 is 18.4 Å². The Labute approximate surface area is 208 Å². The number of para-hydroxylation sites is 1. The van der Waals surface area contributed by atoms with Crippen LogP contribution in [0.25, 0.3) is 11.5 Å². The number of oxime groups is 1. The molecule has 0 aliphatic rings. The average Bonchev–Trinajstić information content (AvgIpc) is 3.54. The van der Waals surface area contributed by atoms with E-state index in [2.05, 4.69) is 30.9 Å². The minimum atomic E-state index is -0.493. The summed E-state index contributed by atoms with van der Waals surface area (Å²) in [5.74, 6) is 0.705. The molecule has 0 saturated heterocycles. The highest BCUT2D eigenvalue weighted by Gasteiger charge is 2.16. The fourth-order valence-corrected chi connectivity index (χ4v) is 3.41. The van der Waals surface area contributed by atoms with Crippen molar-refractivity contribution >= 4 is 17.3 Å². The monoisotopic (exact) mass is 505 g/mol. The van der Waals surface area contributed by atoms with Crippen molar-refractivity contribution in [3.05, 3.63) is 101 Å². The van der Waals surface area contributed by atoms with Crippen molar-refractivity contribution in [3.63, 3.8) is 0 Å². The zero-order chi connectivity index (χ0) is 24.9. The van der Waals surface area contributed by atoms with E-state index in [9.17, 15) is 4.39 Å². The standard InChI is InChI=1S/C24H17ClFN7O3/c1-33-23(28-31-32-33)22(15-7-3-2-4-8-15)30-34-14-21-27-29-24(36-21)16-11-12-19(17(25)13-16)35-20-10-6-5-9-18(20)26/h2-13H,14H2,1H3/b30-22-. The molecule has 0 aliphatic heterocycles. The zero-order valence-electron chi connectivity index (χ0n) is 18.7. The summed E-state index contributed by atoms with van der Waals surface area (Å²) in [5.41, 5.74) is 1.77. The van der Waals surface area contributed by atoms with E-state index in [0.29, 0.717) is 17.1 Å². The molecule has 2 aromatic heterocycles. The molecule has 5 aromatic rings. The number of aromatic nitrogens is 6. The van der Waals surface area contributed by atoms with Crippen molar-refractivity contribution in [3.8, 4) is 23.0 Å². The fraction of sp³-hybridized carbons (Fsp3) is 0.0833. The first-order valence-corrected chi connectivity index (χ1v) is 11.0. The molecular weight excluding hydrogens is 489 g/mol. The number of hydrogen-bond donors (Lipinski definition) is 0. The SMILES string of the molecule is Cn1nnnc1/C(=N\OCc1nnc(-c2ccc(Oc3ccccc3F)c(Cl)c2)o1)c1ccccc1. The molecule has 0 fully saturated rings. The Morgan fingerprint density at radius 2 is 1.81 bits per heavy atom. The predicted octanol–water partition coefficient (Wildman–Crippen LogP) is 4.81. The first kappa shape index (κ1) is 23.1. The van der Waals surface area contributed by atoms with Crippen LogP contribution in [0.2, 0.25) is 5.02 Å². The van der Waals surface area contributed by atoms with Gasteiger partial charge in [-0.15, -0.1) is 15.3 Å². The van der Waals surface area contributed by atoms with Gasteiger partial charge in [0.1, 0.15) is 5.75 Å². The van der Waals surface area contributed by atoms with Gasteiger partial charge in [-0.3, -0.25) is 0 Å². The summed E-state index contributed by atoms with van der Waals surface area (Å²) in [7, 11) is 1.70. The van der Waals surface area contributed by atoms with Crippen LogP contribution in [0.3, 0.4) is 0 Å². The van der Waals surface area contributed by atoms with Gasteiger partial charge in [0.25, 0.3) is 5.89 Å². The van der Waals surface area contributed by atoms with Gasteiger partial charge in [-0.1, -0.05) is 59.2 Å². The number of benzene rings is 3. The molecule has 2 heterocycles. The molecule has 10 nitrogen and oxygen atoms in total. The van der Waals surface area contributed by atoms with E-state index < -0.39 is 5.82 Å². The van der Waals surface area contributed by atoms with E-state index in [-0.39, 0.29) is 34.9 Å². The van der Waals surface area contributed by atoms with Crippen molar-refractivity contribution in [1.29, 1.82) is 0 Å². The van der Waals surface area contributed by atoms with Gasteiger partial charge in [0.2, 0.25) is 11.7 Å². The number of aryl methyl sites for hydroxylation is 1. The number of hydrogen-bond acceptors (Lipinski definition) is 9.